The minimum Gasteiger partial charge on any atom is -0.395 e. The van der Waals surface area contributed by atoms with Gasteiger partial charge in [-0.2, -0.15) is 0 Å². The van der Waals surface area contributed by atoms with Crippen molar-refractivity contribution in [3.63, 3.8) is 0 Å². The third kappa shape index (κ3) is 1.45. The van der Waals surface area contributed by atoms with Crippen molar-refractivity contribution < 1.29 is 4.79 Å². The predicted molar refractivity (Wildman–Crippen MR) is 34.5 cm³/mol. The Morgan fingerprint density at radius 3 is 3.22 bits per heavy atom. The normalized spacial score (nSPS) is 20.0. The van der Waals surface area contributed by atoms with Gasteiger partial charge in [-0.3, -0.25) is 4.79 Å². The molecule has 0 aliphatic carbocycles. The highest BCUT2D eigenvalue weighted by Gasteiger charge is 2.05. The second kappa shape index (κ2) is 2.53. The molecule has 1 heterocycles. The van der Waals surface area contributed by atoms with Crippen LogP contribution in [0.1, 0.15) is 12.8 Å². The molecule has 50 valence electrons. The van der Waals surface area contributed by atoms with Crippen molar-refractivity contribution in [1.82, 2.24) is 5.32 Å². The summed E-state index contributed by atoms with van der Waals surface area (Å²) in [4.78, 5) is 10.7. The van der Waals surface area contributed by atoms with Crippen LogP contribution in [0, 0.1) is 0 Å². The molecule has 0 aromatic rings. The van der Waals surface area contributed by atoms with Crippen molar-refractivity contribution in [2.45, 2.75) is 12.8 Å². The average molecular weight is 126 g/mol. The summed E-state index contributed by atoms with van der Waals surface area (Å²) in [5, 5.41) is 2.66. The van der Waals surface area contributed by atoms with Crippen LogP contribution in [-0.2, 0) is 4.79 Å². The standard InChI is InChI=1S/C6H10N2O/c7-5-3-1-2-4-8-6(5)9/h3H,1-2,4,7H2,(H,8,9). The zero-order chi connectivity index (χ0) is 6.69. The number of rotatable bonds is 0. The SMILES string of the molecule is NC1=CCCCNC1=O. The van der Waals surface area contributed by atoms with Crippen molar-refractivity contribution in [2.24, 2.45) is 5.73 Å². The van der Waals surface area contributed by atoms with E-state index in [1.54, 1.807) is 6.08 Å². The van der Waals surface area contributed by atoms with Gasteiger partial charge in [-0.1, -0.05) is 6.08 Å². The molecule has 0 fully saturated rings. The molecule has 1 amide bonds. The van der Waals surface area contributed by atoms with Gasteiger partial charge in [0.1, 0.15) is 0 Å². The zero-order valence-corrected chi connectivity index (χ0v) is 5.18. The maximum absolute atomic E-state index is 10.7. The third-order valence-electron chi connectivity index (χ3n) is 1.29. The highest BCUT2D eigenvalue weighted by Crippen LogP contribution is 1.97. The van der Waals surface area contributed by atoms with E-state index in [-0.39, 0.29) is 5.91 Å². The van der Waals surface area contributed by atoms with E-state index in [4.69, 9.17) is 5.73 Å². The molecule has 3 nitrogen and oxygen atoms in total. The van der Waals surface area contributed by atoms with Crippen LogP contribution in [0.25, 0.3) is 0 Å². The van der Waals surface area contributed by atoms with Gasteiger partial charge in [-0.15, -0.1) is 0 Å². The Labute approximate surface area is 53.9 Å². The topological polar surface area (TPSA) is 55.1 Å². The number of nitrogens with two attached hydrogens (primary N) is 1. The first kappa shape index (κ1) is 6.13. The fourth-order valence-corrected chi connectivity index (χ4v) is 0.756. The van der Waals surface area contributed by atoms with Gasteiger partial charge >= 0.3 is 0 Å². The summed E-state index contributed by atoms with van der Waals surface area (Å²) < 4.78 is 0. The Bertz CT molecular complexity index is 151. The fourth-order valence-electron chi connectivity index (χ4n) is 0.756. The fraction of sp³-hybridized carbons (Fsp3) is 0.500. The van der Waals surface area contributed by atoms with Gasteiger partial charge in [0, 0.05) is 6.54 Å². The van der Waals surface area contributed by atoms with Crippen LogP contribution in [0.2, 0.25) is 0 Å². The number of carbonyl (C=O) groups is 1. The lowest BCUT2D eigenvalue weighted by atomic mass is 10.3. The molecule has 0 saturated carbocycles. The molecule has 0 unspecified atom stereocenters. The Balaban J connectivity index is 2.61. The average Bonchev–Trinajstić information content (AvgIpc) is 1.99. The van der Waals surface area contributed by atoms with Crippen molar-refractivity contribution in [1.29, 1.82) is 0 Å². The van der Waals surface area contributed by atoms with E-state index < -0.39 is 0 Å². The molecule has 3 heteroatoms. The summed E-state index contributed by atoms with van der Waals surface area (Å²) in [6.45, 7) is 0.746. The van der Waals surface area contributed by atoms with Crippen molar-refractivity contribution in [3.05, 3.63) is 11.8 Å². The van der Waals surface area contributed by atoms with Crippen LogP contribution in [0.5, 0.6) is 0 Å². The van der Waals surface area contributed by atoms with Gasteiger partial charge in [0.25, 0.3) is 5.91 Å². The Morgan fingerprint density at radius 2 is 2.44 bits per heavy atom. The first-order valence-corrected chi connectivity index (χ1v) is 3.04. The number of allylic oxidation sites excluding steroid dienone is 1. The van der Waals surface area contributed by atoms with E-state index in [2.05, 4.69) is 5.32 Å². The van der Waals surface area contributed by atoms with Gasteiger partial charge in [0.15, 0.2) is 0 Å². The summed E-state index contributed by atoms with van der Waals surface area (Å²) in [5.41, 5.74) is 5.68. The van der Waals surface area contributed by atoms with Crippen LogP contribution in [0.3, 0.4) is 0 Å². The second-order valence-electron chi connectivity index (χ2n) is 2.06. The smallest absolute Gasteiger partial charge is 0.266 e. The van der Waals surface area contributed by atoms with Crippen LogP contribution in [0.4, 0.5) is 0 Å². The molecule has 0 bridgehead atoms. The molecule has 0 atom stereocenters. The molecular weight excluding hydrogens is 116 g/mol. The van der Waals surface area contributed by atoms with E-state index in [9.17, 15) is 4.79 Å². The summed E-state index contributed by atoms with van der Waals surface area (Å²) in [7, 11) is 0. The van der Waals surface area contributed by atoms with E-state index >= 15 is 0 Å². The minimum atomic E-state index is -0.132. The van der Waals surface area contributed by atoms with E-state index in [0.29, 0.717) is 5.70 Å². The van der Waals surface area contributed by atoms with Crippen LogP contribution >= 0.6 is 0 Å². The number of hydrogen-bond acceptors (Lipinski definition) is 2. The second-order valence-corrected chi connectivity index (χ2v) is 2.06. The molecule has 0 spiro atoms. The molecule has 0 saturated heterocycles. The van der Waals surface area contributed by atoms with E-state index in [0.717, 1.165) is 19.4 Å². The summed E-state index contributed by atoms with van der Waals surface area (Å²) in [6.07, 6.45) is 3.67. The molecule has 9 heavy (non-hydrogen) atoms. The Hall–Kier alpha value is -0.990. The molecule has 0 aromatic carbocycles. The summed E-state index contributed by atoms with van der Waals surface area (Å²) in [5.74, 6) is -0.132. The van der Waals surface area contributed by atoms with Gasteiger partial charge in [0.05, 0.1) is 5.70 Å². The van der Waals surface area contributed by atoms with Crippen molar-refractivity contribution >= 4 is 5.91 Å². The quantitative estimate of drug-likeness (QED) is 0.470. The molecule has 3 N–H and O–H groups in total. The lowest BCUT2D eigenvalue weighted by molar-refractivity contribution is -0.117. The van der Waals surface area contributed by atoms with Crippen LogP contribution < -0.4 is 11.1 Å². The maximum Gasteiger partial charge on any atom is 0.266 e. The van der Waals surface area contributed by atoms with Gasteiger partial charge in [-0.25, -0.2) is 0 Å². The van der Waals surface area contributed by atoms with Gasteiger partial charge in [0.2, 0.25) is 0 Å². The van der Waals surface area contributed by atoms with Gasteiger partial charge in [-0.05, 0) is 12.8 Å². The summed E-state index contributed by atoms with van der Waals surface area (Å²) in [6, 6.07) is 0. The van der Waals surface area contributed by atoms with E-state index in [1.165, 1.54) is 0 Å². The first-order valence-electron chi connectivity index (χ1n) is 3.04. The number of hydrogen-bond donors (Lipinski definition) is 2. The van der Waals surface area contributed by atoms with E-state index in [1.807, 2.05) is 0 Å². The number of nitrogens with one attached hydrogen (secondary N) is 1. The monoisotopic (exact) mass is 126 g/mol. The largest absolute Gasteiger partial charge is 0.395 e. The van der Waals surface area contributed by atoms with Gasteiger partial charge < -0.3 is 11.1 Å². The Morgan fingerprint density at radius 1 is 1.67 bits per heavy atom. The Kier molecular flexibility index (Phi) is 1.72. The molecule has 0 radical (unpaired) electrons. The lowest BCUT2D eigenvalue weighted by Gasteiger charge is -1.97. The molecule has 1 rings (SSSR count). The van der Waals surface area contributed by atoms with Crippen molar-refractivity contribution in [2.75, 3.05) is 6.54 Å². The first-order chi connectivity index (χ1) is 4.30. The molecule has 1 aliphatic rings. The molecule has 1 aliphatic heterocycles. The molecule has 0 aromatic heterocycles. The number of amides is 1. The maximum atomic E-state index is 10.7. The highest BCUT2D eigenvalue weighted by molar-refractivity contribution is 5.92. The number of carbonyl (C=O) groups excluding carboxylic acids is 1. The zero-order valence-electron chi connectivity index (χ0n) is 5.18. The highest BCUT2D eigenvalue weighted by atomic mass is 16.1. The molecular formula is C6H10N2O. The third-order valence-corrected chi connectivity index (χ3v) is 1.29. The predicted octanol–water partition coefficient (Wildman–Crippen LogP) is -0.261. The minimum absolute atomic E-state index is 0.132. The van der Waals surface area contributed by atoms with Crippen LogP contribution in [-0.4, -0.2) is 12.5 Å². The summed E-state index contributed by atoms with van der Waals surface area (Å²) >= 11 is 0. The lowest BCUT2D eigenvalue weighted by Crippen LogP contribution is -2.27. The van der Waals surface area contributed by atoms with Crippen LogP contribution in [0.15, 0.2) is 11.8 Å². The van der Waals surface area contributed by atoms with Crippen molar-refractivity contribution in [3.8, 4) is 0 Å².